The number of hydrogen-bond acceptors (Lipinski definition) is 5. The summed E-state index contributed by atoms with van der Waals surface area (Å²) in [6.45, 7) is 4.44. The van der Waals surface area contributed by atoms with Crippen molar-refractivity contribution >= 4 is 29.5 Å². The molecule has 0 unspecified atom stereocenters. The van der Waals surface area contributed by atoms with Crippen LogP contribution in [0.3, 0.4) is 0 Å². The molecule has 0 radical (unpaired) electrons. The fourth-order valence-electron chi connectivity index (χ4n) is 2.89. The van der Waals surface area contributed by atoms with Gasteiger partial charge < -0.3 is 14.4 Å². The van der Waals surface area contributed by atoms with Crippen molar-refractivity contribution in [1.82, 2.24) is 9.80 Å². The van der Waals surface area contributed by atoms with Crippen LogP contribution in [0.15, 0.2) is 24.3 Å². The standard InChI is InChI=1S/C17H19ClN2O5/c1-17(2,25-13-5-3-12(18)4-6-13)15(22)19-7-11(8-19)9-20-14(21)10-24-16(20)23/h3-6,11H,7-10H2,1-2H3. The lowest BCUT2D eigenvalue weighted by atomic mass is 9.96. The maximum Gasteiger partial charge on any atom is 0.417 e. The summed E-state index contributed by atoms with van der Waals surface area (Å²) in [6, 6.07) is 6.81. The van der Waals surface area contributed by atoms with Gasteiger partial charge in [-0.2, -0.15) is 0 Å². The largest absolute Gasteiger partial charge is 0.478 e. The first-order chi connectivity index (χ1) is 11.8. The Morgan fingerprint density at radius 1 is 1.28 bits per heavy atom. The second-order valence-electron chi connectivity index (χ2n) is 6.70. The maximum absolute atomic E-state index is 12.6. The van der Waals surface area contributed by atoms with E-state index in [0.717, 1.165) is 4.90 Å². The van der Waals surface area contributed by atoms with Crippen molar-refractivity contribution in [1.29, 1.82) is 0 Å². The van der Waals surface area contributed by atoms with Gasteiger partial charge >= 0.3 is 6.09 Å². The van der Waals surface area contributed by atoms with Crippen molar-refractivity contribution in [2.24, 2.45) is 5.92 Å². The van der Waals surface area contributed by atoms with E-state index in [4.69, 9.17) is 16.3 Å². The summed E-state index contributed by atoms with van der Waals surface area (Å²) in [5.74, 6) is 0.144. The van der Waals surface area contributed by atoms with Crippen LogP contribution < -0.4 is 4.74 Å². The van der Waals surface area contributed by atoms with E-state index in [0.29, 0.717) is 23.9 Å². The zero-order chi connectivity index (χ0) is 18.2. The number of cyclic esters (lactones) is 1. The first-order valence-corrected chi connectivity index (χ1v) is 8.35. The van der Waals surface area contributed by atoms with Crippen molar-refractivity contribution in [2.45, 2.75) is 19.4 Å². The minimum Gasteiger partial charge on any atom is -0.478 e. The Bertz CT molecular complexity index is 681. The third-order valence-corrected chi connectivity index (χ3v) is 4.48. The Hall–Kier alpha value is -2.28. The van der Waals surface area contributed by atoms with E-state index in [1.807, 2.05) is 0 Å². The van der Waals surface area contributed by atoms with Crippen molar-refractivity contribution in [3.8, 4) is 5.75 Å². The van der Waals surface area contributed by atoms with Gasteiger partial charge in [0.1, 0.15) is 5.75 Å². The molecule has 2 aliphatic heterocycles. The first-order valence-electron chi connectivity index (χ1n) is 7.97. The Labute approximate surface area is 150 Å². The van der Waals surface area contributed by atoms with E-state index in [1.165, 1.54) is 0 Å². The van der Waals surface area contributed by atoms with E-state index in [2.05, 4.69) is 4.74 Å². The average molecular weight is 367 g/mol. The first kappa shape index (κ1) is 17.5. The summed E-state index contributed by atoms with van der Waals surface area (Å²) < 4.78 is 10.5. The van der Waals surface area contributed by atoms with Crippen LogP contribution in [-0.4, -0.2) is 59.5 Å². The van der Waals surface area contributed by atoms with Crippen LogP contribution in [0, 0.1) is 5.92 Å². The lowest BCUT2D eigenvalue weighted by Gasteiger charge is -2.43. The van der Waals surface area contributed by atoms with Gasteiger partial charge in [-0.25, -0.2) is 9.69 Å². The number of ether oxygens (including phenoxy) is 2. The zero-order valence-electron chi connectivity index (χ0n) is 14.0. The molecule has 0 aromatic heterocycles. The molecule has 0 atom stereocenters. The molecule has 2 heterocycles. The molecular formula is C17H19ClN2O5. The summed E-state index contributed by atoms with van der Waals surface area (Å²) in [4.78, 5) is 38.4. The van der Waals surface area contributed by atoms with Gasteiger partial charge in [0.05, 0.1) is 0 Å². The lowest BCUT2D eigenvalue weighted by molar-refractivity contribution is -0.152. The van der Waals surface area contributed by atoms with Crippen LogP contribution in [-0.2, 0) is 14.3 Å². The molecule has 8 heteroatoms. The predicted molar refractivity (Wildman–Crippen MR) is 89.3 cm³/mol. The van der Waals surface area contributed by atoms with Crippen LogP contribution >= 0.6 is 11.6 Å². The van der Waals surface area contributed by atoms with Gasteiger partial charge in [0.25, 0.3) is 11.8 Å². The smallest absolute Gasteiger partial charge is 0.417 e. The minimum absolute atomic E-state index is 0.0601. The summed E-state index contributed by atoms with van der Waals surface area (Å²) in [6.07, 6.45) is -0.610. The molecule has 0 N–H and O–H groups in total. The molecule has 134 valence electrons. The van der Waals surface area contributed by atoms with Crippen LogP contribution in [0.5, 0.6) is 5.75 Å². The fraction of sp³-hybridized carbons (Fsp3) is 0.471. The Kier molecular flexibility index (Phi) is 4.60. The lowest BCUT2D eigenvalue weighted by Crippen LogP contribution is -2.60. The Morgan fingerprint density at radius 2 is 1.92 bits per heavy atom. The van der Waals surface area contributed by atoms with E-state index in [9.17, 15) is 14.4 Å². The number of benzene rings is 1. The average Bonchev–Trinajstić information content (AvgIpc) is 2.83. The van der Waals surface area contributed by atoms with E-state index >= 15 is 0 Å². The number of hydrogen-bond donors (Lipinski definition) is 0. The molecule has 2 fully saturated rings. The number of rotatable bonds is 5. The molecule has 1 aromatic rings. The molecule has 0 aliphatic carbocycles. The van der Waals surface area contributed by atoms with Crippen molar-refractivity contribution < 1.29 is 23.9 Å². The predicted octanol–water partition coefficient (Wildman–Crippen LogP) is 1.93. The highest BCUT2D eigenvalue weighted by atomic mass is 35.5. The van der Waals surface area contributed by atoms with E-state index in [-0.39, 0.29) is 30.9 Å². The zero-order valence-corrected chi connectivity index (χ0v) is 14.8. The number of carbonyl (C=O) groups is 3. The number of halogens is 1. The molecule has 2 aliphatic rings. The number of imide groups is 1. The summed E-state index contributed by atoms with van der Waals surface area (Å²) in [5, 5.41) is 0.594. The number of carbonyl (C=O) groups excluding carboxylic acids is 3. The van der Waals surface area contributed by atoms with Crippen molar-refractivity contribution in [2.75, 3.05) is 26.2 Å². The molecule has 3 amide bonds. The topological polar surface area (TPSA) is 76.2 Å². The summed E-state index contributed by atoms with van der Waals surface area (Å²) >= 11 is 5.84. The Balaban J connectivity index is 1.53. The van der Waals surface area contributed by atoms with Gasteiger partial charge in [-0.1, -0.05) is 11.6 Å². The van der Waals surface area contributed by atoms with Crippen molar-refractivity contribution in [3.63, 3.8) is 0 Å². The minimum atomic E-state index is -1.03. The second-order valence-corrected chi connectivity index (χ2v) is 7.14. The number of nitrogens with zero attached hydrogens (tertiary/aromatic N) is 2. The van der Waals surface area contributed by atoms with E-state index in [1.54, 1.807) is 43.0 Å². The highest BCUT2D eigenvalue weighted by Gasteiger charge is 2.43. The summed E-state index contributed by atoms with van der Waals surface area (Å²) in [5.41, 5.74) is -1.03. The SMILES string of the molecule is CC(C)(Oc1ccc(Cl)cc1)C(=O)N1CC(CN2C(=O)COC2=O)C1. The van der Waals surface area contributed by atoms with Crippen LogP contribution in [0.2, 0.25) is 5.02 Å². The number of likely N-dealkylation sites (tertiary alicyclic amines) is 1. The fourth-order valence-corrected chi connectivity index (χ4v) is 3.01. The number of amides is 3. The van der Waals surface area contributed by atoms with Gasteiger partial charge in [0.2, 0.25) is 0 Å². The highest BCUT2D eigenvalue weighted by Crippen LogP contribution is 2.26. The Morgan fingerprint density at radius 3 is 2.48 bits per heavy atom. The molecule has 2 saturated heterocycles. The second kappa shape index (κ2) is 6.55. The maximum atomic E-state index is 12.6. The quantitative estimate of drug-likeness (QED) is 0.796. The molecule has 1 aromatic carbocycles. The van der Waals surface area contributed by atoms with Gasteiger partial charge in [0.15, 0.2) is 12.2 Å². The molecule has 0 saturated carbocycles. The van der Waals surface area contributed by atoms with Gasteiger partial charge in [-0.05, 0) is 38.1 Å². The van der Waals surface area contributed by atoms with E-state index < -0.39 is 11.7 Å². The normalized spacial score (nSPS) is 18.2. The van der Waals surface area contributed by atoms with Gasteiger partial charge in [-0.15, -0.1) is 0 Å². The van der Waals surface area contributed by atoms with Crippen LogP contribution in [0.1, 0.15) is 13.8 Å². The molecule has 0 bridgehead atoms. The molecule has 3 rings (SSSR count). The third-order valence-electron chi connectivity index (χ3n) is 4.23. The third kappa shape index (κ3) is 3.71. The van der Waals surface area contributed by atoms with Gasteiger partial charge in [-0.3, -0.25) is 9.59 Å². The van der Waals surface area contributed by atoms with Crippen LogP contribution in [0.25, 0.3) is 0 Å². The summed E-state index contributed by atoms with van der Waals surface area (Å²) in [7, 11) is 0. The van der Waals surface area contributed by atoms with Crippen LogP contribution in [0.4, 0.5) is 4.79 Å². The highest BCUT2D eigenvalue weighted by molar-refractivity contribution is 6.30. The molecule has 0 spiro atoms. The van der Waals surface area contributed by atoms with Gasteiger partial charge in [0, 0.05) is 30.6 Å². The van der Waals surface area contributed by atoms with Crippen molar-refractivity contribution in [3.05, 3.63) is 29.3 Å². The molecular weight excluding hydrogens is 348 g/mol. The molecule has 25 heavy (non-hydrogen) atoms. The molecule has 7 nitrogen and oxygen atoms in total. The monoisotopic (exact) mass is 366 g/mol.